The van der Waals surface area contributed by atoms with Gasteiger partial charge in [0.15, 0.2) is 0 Å². The molecule has 1 N–H and O–H groups in total. The molecule has 2 aromatic rings. The number of rotatable bonds is 1. The van der Waals surface area contributed by atoms with E-state index in [9.17, 15) is 0 Å². The SMILES string of the molecule is Clc1ccc2c(N3CCCC4(CCNC4)C3)ccnc2c1. The highest BCUT2D eigenvalue weighted by Gasteiger charge is 2.38. The lowest BCUT2D eigenvalue weighted by atomic mass is 9.79. The molecular weight excluding hydrogens is 282 g/mol. The number of hydrogen-bond acceptors (Lipinski definition) is 3. The van der Waals surface area contributed by atoms with Crippen LogP contribution in [0.25, 0.3) is 10.9 Å². The van der Waals surface area contributed by atoms with Crippen molar-refractivity contribution in [1.29, 1.82) is 0 Å². The van der Waals surface area contributed by atoms with Crippen LogP contribution in [0.4, 0.5) is 5.69 Å². The Morgan fingerprint density at radius 2 is 2.19 bits per heavy atom. The van der Waals surface area contributed by atoms with Crippen LogP contribution in [0.15, 0.2) is 30.5 Å². The summed E-state index contributed by atoms with van der Waals surface area (Å²) in [5, 5.41) is 5.51. The molecule has 1 spiro atoms. The minimum atomic E-state index is 0.472. The summed E-state index contributed by atoms with van der Waals surface area (Å²) >= 11 is 6.09. The largest absolute Gasteiger partial charge is 0.370 e. The van der Waals surface area contributed by atoms with Crippen LogP contribution >= 0.6 is 11.6 Å². The third-order valence-electron chi connectivity index (χ3n) is 5.02. The number of aromatic nitrogens is 1. The van der Waals surface area contributed by atoms with Gasteiger partial charge in [-0.25, -0.2) is 0 Å². The molecule has 2 aliphatic rings. The molecular formula is C17H20ClN3. The normalized spacial score (nSPS) is 25.9. The first-order chi connectivity index (χ1) is 10.3. The Hall–Kier alpha value is -1.32. The van der Waals surface area contributed by atoms with Crippen LogP contribution in [0.1, 0.15) is 19.3 Å². The Bertz CT molecular complexity index is 664. The molecule has 2 saturated heterocycles. The second kappa shape index (κ2) is 5.15. The van der Waals surface area contributed by atoms with E-state index in [0.29, 0.717) is 5.41 Å². The summed E-state index contributed by atoms with van der Waals surface area (Å²) < 4.78 is 0. The number of anilines is 1. The fourth-order valence-electron chi connectivity index (χ4n) is 3.94. The molecule has 0 saturated carbocycles. The standard InChI is InChI=1S/C17H20ClN3/c18-13-2-3-14-15(10-13)20-7-4-16(14)21-9-1-5-17(12-21)6-8-19-11-17/h2-4,7,10,19H,1,5-6,8-9,11-12H2. The lowest BCUT2D eigenvalue weighted by Crippen LogP contribution is -2.44. The third kappa shape index (κ3) is 2.39. The van der Waals surface area contributed by atoms with Gasteiger partial charge in [-0.3, -0.25) is 4.98 Å². The van der Waals surface area contributed by atoms with Crippen molar-refractivity contribution in [2.75, 3.05) is 31.1 Å². The fourth-order valence-corrected chi connectivity index (χ4v) is 4.11. The summed E-state index contributed by atoms with van der Waals surface area (Å²) in [6, 6.07) is 8.18. The van der Waals surface area contributed by atoms with Gasteiger partial charge in [0.25, 0.3) is 0 Å². The van der Waals surface area contributed by atoms with Crippen molar-refractivity contribution in [3.05, 3.63) is 35.5 Å². The molecule has 110 valence electrons. The van der Waals surface area contributed by atoms with Crippen LogP contribution in [0.3, 0.4) is 0 Å². The minimum absolute atomic E-state index is 0.472. The molecule has 0 amide bonds. The van der Waals surface area contributed by atoms with E-state index in [-0.39, 0.29) is 0 Å². The van der Waals surface area contributed by atoms with Gasteiger partial charge in [-0.15, -0.1) is 0 Å². The van der Waals surface area contributed by atoms with Crippen LogP contribution < -0.4 is 10.2 Å². The zero-order chi connectivity index (χ0) is 14.3. The molecule has 1 atom stereocenters. The van der Waals surface area contributed by atoms with Gasteiger partial charge in [0.05, 0.1) is 5.52 Å². The predicted octanol–water partition coefficient (Wildman–Crippen LogP) is 3.47. The third-order valence-corrected chi connectivity index (χ3v) is 5.25. The lowest BCUT2D eigenvalue weighted by Gasteiger charge is -2.41. The van der Waals surface area contributed by atoms with Gasteiger partial charge in [-0.05, 0) is 50.1 Å². The number of hydrogen-bond donors (Lipinski definition) is 1. The highest BCUT2D eigenvalue weighted by Crippen LogP contribution is 2.39. The Balaban J connectivity index is 1.72. The van der Waals surface area contributed by atoms with E-state index in [0.717, 1.165) is 23.6 Å². The van der Waals surface area contributed by atoms with Gasteiger partial charge < -0.3 is 10.2 Å². The first-order valence-corrected chi connectivity index (χ1v) is 8.14. The second-order valence-corrected chi connectivity index (χ2v) is 6.88. The Morgan fingerprint density at radius 3 is 3.05 bits per heavy atom. The average Bonchev–Trinajstić information content (AvgIpc) is 2.94. The maximum absolute atomic E-state index is 6.09. The topological polar surface area (TPSA) is 28.2 Å². The molecule has 4 heteroatoms. The van der Waals surface area contributed by atoms with Crippen molar-refractivity contribution in [3.63, 3.8) is 0 Å². The Labute approximate surface area is 130 Å². The number of benzene rings is 1. The summed E-state index contributed by atoms with van der Waals surface area (Å²) in [4.78, 5) is 7.01. The lowest BCUT2D eigenvalue weighted by molar-refractivity contribution is 0.261. The highest BCUT2D eigenvalue weighted by atomic mass is 35.5. The summed E-state index contributed by atoms with van der Waals surface area (Å²) in [5.41, 5.74) is 2.77. The van der Waals surface area contributed by atoms with Crippen LogP contribution in [-0.2, 0) is 0 Å². The van der Waals surface area contributed by atoms with Gasteiger partial charge in [0.2, 0.25) is 0 Å². The maximum atomic E-state index is 6.09. The molecule has 0 radical (unpaired) electrons. The molecule has 0 aliphatic carbocycles. The number of nitrogens with one attached hydrogen (secondary N) is 1. The minimum Gasteiger partial charge on any atom is -0.370 e. The number of pyridine rings is 1. The smallest absolute Gasteiger partial charge is 0.0737 e. The van der Waals surface area contributed by atoms with E-state index < -0.39 is 0 Å². The molecule has 3 nitrogen and oxygen atoms in total. The van der Waals surface area contributed by atoms with E-state index in [1.165, 1.54) is 43.4 Å². The van der Waals surface area contributed by atoms with E-state index in [1.54, 1.807) is 0 Å². The molecule has 4 rings (SSSR count). The zero-order valence-electron chi connectivity index (χ0n) is 12.1. The monoisotopic (exact) mass is 301 g/mol. The first kappa shape index (κ1) is 13.4. The molecule has 3 heterocycles. The number of nitrogens with zero attached hydrogens (tertiary/aromatic N) is 2. The highest BCUT2D eigenvalue weighted by molar-refractivity contribution is 6.31. The molecule has 1 aromatic carbocycles. The second-order valence-electron chi connectivity index (χ2n) is 6.44. The Morgan fingerprint density at radius 1 is 1.24 bits per heavy atom. The zero-order valence-corrected chi connectivity index (χ0v) is 12.9. The first-order valence-electron chi connectivity index (χ1n) is 7.76. The summed E-state index contributed by atoms with van der Waals surface area (Å²) in [7, 11) is 0. The van der Waals surface area contributed by atoms with E-state index >= 15 is 0 Å². The Kier molecular flexibility index (Phi) is 3.27. The number of fused-ring (bicyclic) bond motifs is 1. The van der Waals surface area contributed by atoms with Crippen LogP contribution in [0.2, 0.25) is 5.02 Å². The summed E-state index contributed by atoms with van der Waals surface area (Å²) in [6.07, 6.45) is 5.84. The predicted molar refractivity (Wildman–Crippen MR) is 88.1 cm³/mol. The number of piperidine rings is 1. The van der Waals surface area contributed by atoms with Crippen LogP contribution in [-0.4, -0.2) is 31.2 Å². The van der Waals surface area contributed by atoms with Crippen molar-refractivity contribution < 1.29 is 0 Å². The number of halogens is 1. The van der Waals surface area contributed by atoms with Gasteiger partial charge in [0.1, 0.15) is 0 Å². The molecule has 21 heavy (non-hydrogen) atoms. The van der Waals surface area contributed by atoms with Gasteiger partial charge >= 0.3 is 0 Å². The molecule has 2 fully saturated rings. The van der Waals surface area contributed by atoms with E-state index in [4.69, 9.17) is 11.6 Å². The van der Waals surface area contributed by atoms with E-state index in [2.05, 4.69) is 27.3 Å². The van der Waals surface area contributed by atoms with Crippen molar-refractivity contribution in [1.82, 2.24) is 10.3 Å². The van der Waals surface area contributed by atoms with Gasteiger partial charge in [-0.1, -0.05) is 11.6 Å². The van der Waals surface area contributed by atoms with E-state index in [1.807, 2.05) is 18.3 Å². The summed E-state index contributed by atoms with van der Waals surface area (Å²) in [5.74, 6) is 0. The van der Waals surface area contributed by atoms with Gasteiger partial charge in [-0.2, -0.15) is 0 Å². The molecule has 1 unspecified atom stereocenters. The van der Waals surface area contributed by atoms with Crippen LogP contribution in [0, 0.1) is 5.41 Å². The van der Waals surface area contributed by atoms with Crippen LogP contribution in [0.5, 0.6) is 0 Å². The van der Waals surface area contributed by atoms with Crippen molar-refractivity contribution in [2.24, 2.45) is 5.41 Å². The summed E-state index contributed by atoms with van der Waals surface area (Å²) in [6.45, 7) is 4.63. The molecule has 1 aromatic heterocycles. The molecule has 2 aliphatic heterocycles. The quantitative estimate of drug-likeness (QED) is 0.874. The van der Waals surface area contributed by atoms with Crippen molar-refractivity contribution in [2.45, 2.75) is 19.3 Å². The maximum Gasteiger partial charge on any atom is 0.0737 e. The van der Waals surface area contributed by atoms with Crippen molar-refractivity contribution >= 4 is 28.2 Å². The fraction of sp³-hybridized carbons (Fsp3) is 0.471. The van der Waals surface area contributed by atoms with Gasteiger partial charge in [0, 0.05) is 47.3 Å². The van der Waals surface area contributed by atoms with Crippen molar-refractivity contribution in [3.8, 4) is 0 Å². The molecule has 0 bridgehead atoms. The average molecular weight is 302 g/mol.